The summed E-state index contributed by atoms with van der Waals surface area (Å²) in [5.41, 5.74) is 1.29. The Hall–Kier alpha value is -1.07. The van der Waals surface area contributed by atoms with Crippen LogP contribution in [0.1, 0.15) is 5.56 Å². The van der Waals surface area contributed by atoms with Gasteiger partial charge >= 0.3 is 0 Å². The van der Waals surface area contributed by atoms with Crippen LogP contribution in [-0.4, -0.2) is 58.9 Å². The van der Waals surface area contributed by atoms with Gasteiger partial charge in [0, 0.05) is 45.1 Å². The van der Waals surface area contributed by atoms with Gasteiger partial charge in [-0.25, -0.2) is 0 Å². The molecule has 0 radical (unpaired) electrons. The molecule has 98 valence electrons. The van der Waals surface area contributed by atoms with E-state index in [-0.39, 0.29) is 5.91 Å². The molecule has 0 N–H and O–H groups in total. The predicted octanol–water partition coefficient (Wildman–Crippen LogP) is 1.09. The van der Waals surface area contributed by atoms with E-state index in [2.05, 4.69) is 9.88 Å². The molecule has 0 aromatic carbocycles. The summed E-state index contributed by atoms with van der Waals surface area (Å²) in [6, 6.07) is 4.09. The molecule has 1 aromatic heterocycles. The third-order valence-corrected chi connectivity index (χ3v) is 3.68. The Bertz CT molecular complexity index is 377. The zero-order valence-corrected chi connectivity index (χ0v) is 11.5. The van der Waals surface area contributed by atoms with Gasteiger partial charge in [0.1, 0.15) is 0 Å². The van der Waals surface area contributed by atoms with Crippen molar-refractivity contribution in [3.8, 4) is 0 Å². The second kappa shape index (κ2) is 6.75. The Morgan fingerprint density at radius 2 is 1.94 bits per heavy atom. The summed E-state index contributed by atoms with van der Waals surface area (Å²) in [7, 11) is 0. The molecule has 0 unspecified atom stereocenters. The first-order valence-corrected chi connectivity index (χ1v) is 7.57. The molecule has 0 aliphatic carbocycles. The van der Waals surface area contributed by atoms with Crippen molar-refractivity contribution in [2.45, 2.75) is 6.54 Å². The van der Waals surface area contributed by atoms with Crippen LogP contribution in [0.25, 0.3) is 0 Å². The van der Waals surface area contributed by atoms with Crippen LogP contribution in [0.15, 0.2) is 24.5 Å². The minimum absolute atomic E-state index is 0.270. The Labute approximate surface area is 112 Å². The van der Waals surface area contributed by atoms with Crippen molar-refractivity contribution in [3.05, 3.63) is 30.1 Å². The van der Waals surface area contributed by atoms with Gasteiger partial charge in [-0.3, -0.25) is 14.7 Å². The first-order chi connectivity index (χ1) is 8.79. The van der Waals surface area contributed by atoms with E-state index < -0.39 is 0 Å². The third-order valence-electron chi connectivity index (χ3n) is 3.15. The molecular formula is C13H19N3OS. The Morgan fingerprint density at radius 1 is 1.28 bits per heavy atom. The normalized spacial score (nSPS) is 16.8. The fraction of sp³-hybridized carbons (Fsp3) is 0.538. The molecule has 1 aromatic rings. The molecule has 0 bridgehead atoms. The van der Waals surface area contributed by atoms with Crippen molar-refractivity contribution in [2.75, 3.05) is 38.2 Å². The molecule has 1 saturated heterocycles. The number of nitrogens with zero attached hydrogens (tertiary/aromatic N) is 3. The molecule has 5 heteroatoms. The lowest BCUT2D eigenvalue weighted by atomic mass is 10.2. The summed E-state index contributed by atoms with van der Waals surface area (Å²) in [6.07, 6.45) is 5.62. The molecule has 0 spiro atoms. The number of aromatic nitrogens is 1. The summed E-state index contributed by atoms with van der Waals surface area (Å²) in [5.74, 6) is 0.871. The van der Waals surface area contributed by atoms with Gasteiger partial charge in [-0.05, 0) is 24.0 Å². The van der Waals surface area contributed by atoms with Gasteiger partial charge in [-0.15, -0.1) is 0 Å². The van der Waals surface area contributed by atoms with E-state index in [4.69, 9.17) is 0 Å². The fourth-order valence-corrected chi connectivity index (χ4v) is 2.55. The van der Waals surface area contributed by atoms with E-state index in [0.717, 1.165) is 32.7 Å². The molecule has 0 saturated carbocycles. The maximum absolute atomic E-state index is 11.7. The number of hydrogen-bond acceptors (Lipinski definition) is 4. The standard InChI is InChI=1S/C13H19N3OS/c1-18-11-13(17)16-8-6-15(7-9-16)10-12-2-4-14-5-3-12/h2-5H,6-11H2,1H3. The van der Waals surface area contributed by atoms with E-state index >= 15 is 0 Å². The van der Waals surface area contributed by atoms with E-state index in [1.54, 1.807) is 11.8 Å². The monoisotopic (exact) mass is 265 g/mol. The van der Waals surface area contributed by atoms with Crippen LogP contribution in [0, 0.1) is 0 Å². The van der Waals surface area contributed by atoms with Gasteiger partial charge in [0.2, 0.25) is 5.91 Å². The average Bonchev–Trinajstić information content (AvgIpc) is 2.41. The minimum atomic E-state index is 0.270. The maximum atomic E-state index is 11.7. The highest BCUT2D eigenvalue weighted by molar-refractivity contribution is 7.99. The molecule has 18 heavy (non-hydrogen) atoms. The fourth-order valence-electron chi connectivity index (χ4n) is 2.12. The SMILES string of the molecule is CSCC(=O)N1CCN(Cc2ccncc2)CC1. The molecule has 1 amide bonds. The number of thioether (sulfide) groups is 1. The third kappa shape index (κ3) is 3.71. The highest BCUT2D eigenvalue weighted by atomic mass is 32.2. The van der Waals surface area contributed by atoms with Gasteiger partial charge in [-0.1, -0.05) is 0 Å². The van der Waals surface area contributed by atoms with Crippen LogP contribution in [0.2, 0.25) is 0 Å². The van der Waals surface area contributed by atoms with E-state index in [9.17, 15) is 4.79 Å². The van der Waals surface area contributed by atoms with Gasteiger partial charge in [0.25, 0.3) is 0 Å². The number of amides is 1. The molecule has 1 aliphatic rings. The summed E-state index contributed by atoms with van der Waals surface area (Å²) < 4.78 is 0. The quantitative estimate of drug-likeness (QED) is 0.816. The van der Waals surface area contributed by atoms with Gasteiger partial charge in [0.15, 0.2) is 0 Å². The second-order valence-electron chi connectivity index (χ2n) is 4.45. The van der Waals surface area contributed by atoms with Crippen molar-refractivity contribution in [1.82, 2.24) is 14.8 Å². The Kier molecular flexibility index (Phi) is 5.01. The summed E-state index contributed by atoms with van der Waals surface area (Å²) in [4.78, 5) is 20.1. The number of carbonyl (C=O) groups excluding carboxylic acids is 1. The number of pyridine rings is 1. The highest BCUT2D eigenvalue weighted by Crippen LogP contribution is 2.08. The van der Waals surface area contributed by atoms with Crippen molar-refractivity contribution in [2.24, 2.45) is 0 Å². The van der Waals surface area contributed by atoms with Crippen LogP contribution in [0.4, 0.5) is 0 Å². The lowest BCUT2D eigenvalue weighted by Gasteiger charge is -2.34. The van der Waals surface area contributed by atoms with E-state index in [0.29, 0.717) is 5.75 Å². The van der Waals surface area contributed by atoms with Gasteiger partial charge in [0.05, 0.1) is 5.75 Å². The zero-order chi connectivity index (χ0) is 12.8. The first-order valence-electron chi connectivity index (χ1n) is 6.17. The van der Waals surface area contributed by atoms with Crippen LogP contribution < -0.4 is 0 Å². The molecule has 0 atom stereocenters. The molecule has 1 fully saturated rings. The molecule has 2 heterocycles. The van der Waals surface area contributed by atoms with Crippen LogP contribution in [-0.2, 0) is 11.3 Å². The van der Waals surface area contributed by atoms with Crippen molar-refractivity contribution in [1.29, 1.82) is 0 Å². The van der Waals surface area contributed by atoms with Crippen molar-refractivity contribution < 1.29 is 4.79 Å². The Morgan fingerprint density at radius 3 is 2.56 bits per heavy atom. The second-order valence-corrected chi connectivity index (χ2v) is 5.31. The molecule has 4 nitrogen and oxygen atoms in total. The number of carbonyl (C=O) groups is 1. The predicted molar refractivity (Wildman–Crippen MR) is 74.5 cm³/mol. The van der Waals surface area contributed by atoms with Crippen molar-refractivity contribution >= 4 is 17.7 Å². The maximum Gasteiger partial charge on any atom is 0.232 e. The average molecular weight is 265 g/mol. The Balaban J connectivity index is 1.78. The first kappa shape index (κ1) is 13.4. The topological polar surface area (TPSA) is 36.4 Å². The van der Waals surface area contributed by atoms with Crippen LogP contribution in [0.3, 0.4) is 0 Å². The summed E-state index contributed by atoms with van der Waals surface area (Å²) in [5, 5.41) is 0. The van der Waals surface area contributed by atoms with Crippen LogP contribution >= 0.6 is 11.8 Å². The van der Waals surface area contributed by atoms with Gasteiger partial charge < -0.3 is 4.90 Å². The smallest absolute Gasteiger partial charge is 0.232 e. The summed E-state index contributed by atoms with van der Waals surface area (Å²) in [6.45, 7) is 4.58. The lowest BCUT2D eigenvalue weighted by Crippen LogP contribution is -2.48. The zero-order valence-electron chi connectivity index (χ0n) is 10.7. The van der Waals surface area contributed by atoms with E-state index in [1.165, 1.54) is 5.56 Å². The van der Waals surface area contributed by atoms with Gasteiger partial charge in [-0.2, -0.15) is 11.8 Å². The van der Waals surface area contributed by atoms with Crippen molar-refractivity contribution in [3.63, 3.8) is 0 Å². The largest absolute Gasteiger partial charge is 0.339 e. The van der Waals surface area contributed by atoms with Crippen LogP contribution in [0.5, 0.6) is 0 Å². The summed E-state index contributed by atoms with van der Waals surface area (Å²) >= 11 is 1.60. The number of hydrogen-bond donors (Lipinski definition) is 0. The molecular weight excluding hydrogens is 246 g/mol. The number of piperazine rings is 1. The molecule has 2 rings (SSSR count). The molecule has 1 aliphatic heterocycles. The highest BCUT2D eigenvalue weighted by Gasteiger charge is 2.20. The van der Waals surface area contributed by atoms with E-state index in [1.807, 2.05) is 35.7 Å². The minimum Gasteiger partial charge on any atom is -0.339 e. The number of rotatable bonds is 4. The lowest BCUT2D eigenvalue weighted by molar-refractivity contribution is -0.130.